The number of hydrogen-bond donors (Lipinski definition) is 1. The summed E-state index contributed by atoms with van der Waals surface area (Å²) < 4.78 is 28.5. The first-order chi connectivity index (χ1) is 9.99. The molecule has 1 N–H and O–H groups in total. The molecule has 0 amide bonds. The molecule has 6 heteroatoms. The number of aromatic nitrogens is 2. The van der Waals surface area contributed by atoms with Gasteiger partial charge in [-0.15, -0.1) is 0 Å². The largest absolute Gasteiger partial charge is 0.478 e. The summed E-state index contributed by atoms with van der Waals surface area (Å²) in [5, 5.41) is 9.17. The van der Waals surface area contributed by atoms with Crippen LogP contribution >= 0.6 is 0 Å². The highest BCUT2D eigenvalue weighted by Crippen LogP contribution is 2.25. The van der Waals surface area contributed by atoms with Crippen molar-refractivity contribution in [3.8, 4) is 5.69 Å². The van der Waals surface area contributed by atoms with Gasteiger partial charge < -0.3 is 5.11 Å². The molecule has 2 aromatic carbocycles. The predicted molar refractivity (Wildman–Crippen MR) is 72.7 cm³/mol. The fraction of sp³-hybridized carbons (Fsp3) is 0.0667. The summed E-state index contributed by atoms with van der Waals surface area (Å²) in [5.41, 5.74) is 0.889. The highest BCUT2D eigenvalue weighted by Gasteiger charge is 2.17. The van der Waals surface area contributed by atoms with Crippen LogP contribution in [0, 0.1) is 18.6 Å². The highest BCUT2D eigenvalue weighted by molar-refractivity contribution is 6.01. The van der Waals surface area contributed by atoms with E-state index in [-0.39, 0.29) is 16.8 Å². The monoisotopic (exact) mass is 288 g/mol. The van der Waals surface area contributed by atoms with Gasteiger partial charge in [0.05, 0.1) is 16.8 Å². The number of hydrogen-bond acceptors (Lipinski definition) is 2. The van der Waals surface area contributed by atoms with Gasteiger partial charge in [-0.25, -0.2) is 18.6 Å². The Morgan fingerprint density at radius 1 is 1.24 bits per heavy atom. The lowest BCUT2D eigenvalue weighted by atomic mass is 10.2. The van der Waals surface area contributed by atoms with Gasteiger partial charge in [0.25, 0.3) is 0 Å². The zero-order chi connectivity index (χ0) is 15.1. The minimum Gasteiger partial charge on any atom is -0.478 e. The van der Waals surface area contributed by atoms with Crippen molar-refractivity contribution in [3.05, 3.63) is 59.4 Å². The first-order valence-electron chi connectivity index (χ1n) is 6.16. The molecule has 0 aliphatic carbocycles. The van der Waals surface area contributed by atoms with Crippen molar-refractivity contribution in [1.29, 1.82) is 0 Å². The molecule has 0 saturated carbocycles. The van der Waals surface area contributed by atoms with E-state index in [0.29, 0.717) is 11.3 Å². The molecule has 0 fully saturated rings. The molecule has 4 nitrogen and oxygen atoms in total. The van der Waals surface area contributed by atoms with E-state index in [1.54, 1.807) is 19.1 Å². The minimum absolute atomic E-state index is 0.0388. The number of imidazole rings is 1. The molecule has 21 heavy (non-hydrogen) atoms. The van der Waals surface area contributed by atoms with E-state index in [2.05, 4.69) is 4.98 Å². The van der Waals surface area contributed by atoms with Crippen molar-refractivity contribution in [2.45, 2.75) is 6.92 Å². The van der Waals surface area contributed by atoms with Gasteiger partial charge in [0.1, 0.15) is 23.0 Å². The smallest absolute Gasteiger partial charge is 0.337 e. The molecule has 3 aromatic rings. The number of aromatic carboxylic acids is 1. The van der Waals surface area contributed by atoms with Crippen molar-refractivity contribution in [2.24, 2.45) is 0 Å². The molecule has 0 radical (unpaired) electrons. The van der Waals surface area contributed by atoms with Gasteiger partial charge in [-0.1, -0.05) is 6.07 Å². The van der Waals surface area contributed by atoms with Gasteiger partial charge in [-0.2, -0.15) is 0 Å². The van der Waals surface area contributed by atoms with Crippen LogP contribution in [0.1, 0.15) is 16.2 Å². The molecule has 0 spiro atoms. The Hall–Kier alpha value is -2.76. The van der Waals surface area contributed by atoms with E-state index in [1.165, 1.54) is 16.7 Å². The number of carbonyl (C=O) groups is 1. The standard InChI is InChI=1S/C15H10F2N2O2/c1-8-18-14-10(15(20)21)3-2-4-13(14)19(8)12-6-5-9(16)7-11(12)17/h2-7H,1H3,(H,20,21). The van der Waals surface area contributed by atoms with Gasteiger partial charge in [0.15, 0.2) is 0 Å². The third-order valence-corrected chi connectivity index (χ3v) is 3.23. The van der Waals surface area contributed by atoms with Crippen LogP contribution in [0.5, 0.6) is 0 Å². The number of nitrogens with zero attached hydrogens (tertiary/aromatic N) is 2. The lowest BCUT2D eigenvalue weighted by Crippen LogP contribution is -2.01. The SMILES string of the molecule is Cc1nc2c(C(=O)O)cccc2n1-c1ccc(F)cc1F. The van der Waals surface area contributed by atoms with Gasteiger partial charge in [0, 0.05) is 6.07 Å². The number of halogens is 2. The fourth-order valence-corrected chi connectivity index (χ4v) is 2.35. The Kier molecular flexibility index (Phi) is 2.94. The van der Waals surface area contributed by atoms with Crippen LogP contribution in [-0.4, -0.2) is 20.6 Å². The van der Waals surface area contributed by atoms with Crippen LogP contribution in [0.3, 0.4) is 0 Å². The molecule has 0 aliphatic heterocycles. The van der Waals surface area contributed by atoms with Crippen molar-refractivity contribution in [2.75, 3.05) is 0 Å². The Morgan fingerprint density at radius 3 is 2.67 bits per heavy atom. The Bertz CT molecular complexity index is 871. The Labute approximate surface area is 118 Å². The van der Waals surface area contributed by atoms with Crippen molar-refractivity contribution < 1.29 is 18.7 Å². The van der Waals surface area contributed by atoms with E-state index >= 15 is 0 Å². The maximum Gasteiger partial charge on any atom is 0.337 e. The summed E-state index contributed by atoms with van der Waals surface area (Å²) in [7, 11) is 0. The van der Waals surface area contributed by atoms with Gasteiger partial charge in [-0.05, 0) is 31.2 Å². The second kappa shape index (κ2) is 4.66. The summed E-state index contributed by atoms with van der Waals surface area (Å²) in [6, 6.07) is 7.86. The van der Waals surface area contributed by atoms with E-state index in [0.717, 1.165) is 12.1 Å². The van der Waals surface area contributed by atoms with Crippen LogP contribution < -0.4 is 0 Å². The molecular formula is C15H10F2N2O2. The number of benzene rings is 2. The maximum atomic E-state index is 14.0. The van der Waals surface area contributed by atoms with Crippen LogP contribution in [0.15, 0.2) is 36.4 Å². The number of carboxylic acids is 1. The highest BCUT2D eigenvalue weighted by atomic mass is 19.1. The summed E-state index contributed by atoms with van der Waals surface area (Å²) in [6.07, 6.45) is 0. The molecular weight excluding hydrogens is 278 g/mol. The normalized spacial score (nSPS) is 11.0. The Balaban J connectivity index is 2.36. The van der Waals surface area contributed by atoms with Crippen LogP contribution in [0.4, 0.5) is 8.78 Å². The lowest BCUT2D eigenvalue weighted by molar-refractivity contribution is 0.0699. The van der Waals surface area contributed by atoms with Gasteiger partial charge in [0.2, 0.25) is 0 Å². The second-order valence-electron chi connectivity index (χ2n) is 4.57. The molecule has 1 aromatic heterocycles. The summed E-state index contributed by atoms with van der Waals surface area (Å²) in [5.74, 6) is -2.10. The van der Waals surface area contributed by atoms with E-state index in [9.17, 15) is 18.7 Å². The maximum absolute atomic E-state index is 14.0. The third kappa shape index (κ3) is 2.05. The van der Waals surface area contributed by atoms with Crippen LogP contribution in [-0.2, 0) is 0 Å². The number of rotatable bonds is 2. The average molecular weight is 288 g/mol. The quantitative estimate of drug-likeness (QED) is 0.787. The molecule has 0 unspecified atom stereocenters. The average Bonchev–Trinajstić information content (AvgIpc) is 2.74. The third-order valence-electron chi connectivity index (χ3n) is 3.23. The van der Waals surface area contributed by atoms with Gasteiger partial charge in [-0.3, -0.25) is 4.57 Å². The first kappa shape index (κ1) is 13.2. The van der Waals surface area contributed by atoms with Crippen LogP contribution in [0.25, 0.3) is 16.7 Å². The number of para-hydroxylation sites is 1. The zero-order valence-corrected chi connectivity index (χ0v) is 11.0. The molecule has 0 saturated heterocycles. The number of aryl methyl sites for hydroxylation is 1. The number of fused-ring (bicyclic) bond motifs is 1. The number of carboxylic acid groups (broad SMARTS) is 1. The summed E-state index contributed by atoms with van der Waals surface area (Å²) >= 11 is 0. The first-order valence-corrected chi connectivity index (χ1v) is 6.16. The van der Waals surface area contributed by atoms with E-state index in [1.807, 2.05) is 0 Å². The zero-order valence-electron chi connectivity index (χ0n) is 11.0. The summed E-state index contributed by atoms with van der Waals surface area (Å²) in [4.78, 5) is 15.4. The molecule has 0 aliphatic rings. The topological polar surface area (TPSA) is 55.1 Å². The van der Waals surface area contributed by atoms with Crippen molar-refractivity contribution in [1.82, 2.24) is 9.55 Å². The van der Waals surface area contributed by atoms with E-state index < -0.39 is 17.6 Å². The second-order valence-corrected chi connectivity index (χ2v) is 4.57. The van der Waals surface area contributed by atoms with Crippen molar-refractivity contribution in [3.63, 3.8) is 0 Å². The minimum atomic E-state index is -1.11. The summed E-state index contributed by atoms with van der Waals surface area (Å²) in [6.45, 7) is 1.63. The predicted octanol–water partition coefficient (Wildman–Crippen LogP) is 3.31. The van der Waals surface area contributed by atoms with E-state index in [4.69, 9.17) is 0 Å². The molecule has 3 rings (SSSR count). The molecule has 0 bridgehead atoms. The Morgan fingerprint density at radius 2 is 2.00 bits per heavy atom. The lowest BCUT2D eigenvalue weighted by Gasteiger charge is -2.08. The molecule has 0 atom stereocenters. The molecule has 1 heterocycles. The van der Waals surface area contributed by atoms with Gasteiger partial charge >= 0.3 is 5.97 Å². The molecule has 106 valence electrons. The van der Waals surface area contributed by atoms with Crippen LogP contribution in [0.2, 0.25) is 0 Å². The van der Waals surface area contributed by atoms with Crippen molar-refractivity contribution >= 4 is 17.0 Å². The fourth-order valence-electron chi connectivity index (χ4n) is 2.35.